The van der Waals surface area contributed by atoms with Crippen LogP contribution in [0.2, 0.25) is 0 Å². The lowest BCUT2D eigenvalue weighted by atomic mass is 10.0. The van der Waals surface area contributed by atoms with E-state index in [1.54, 1.807) is 6.26 Å². The maximum atomic E-state index is 10.4. The molecule has 2 aromatic heterocycles. The Morgan fingerprint density at radius 1 is 1.23 bits per heavy atom. The normalized spacial score (nSPS) is 21.4. The zero-order valence-electron chi connectivity index (χ0n) is 12.9. The first kappa shape index (κ1) is 15.3. The van der Waals surface area contributed by atoms with Crippen LogP contribution in [0.25, 0.3) is 0 Å². The molecule has 1 aliphatic rings. The number of pyridine rings is 1. The molecular weight excluding hydrogens is 276 g/mol. The zero-order chi connectivity index (χ0) is 15.2. The summed E-state index contributed by atoms with van der Waals surface area (Å²) in [5, 5.41) is 10.4. The molecule has 4 nitrogen and oxygen atoms in total. The highest BCUT2D eigenvalue weighted by Gasteiger charge is 2.25. The van der Waals surface area contributed by atoms with Gasteiger partial charge in [0.25, 0.3) is 0 Å². The van der Waals surface area contributed by atoms with Crippen molar-refractivity contribution in [3.8, 4) is 0 Å². The van der Waals surface area contributed by atoms with Crippen LogP contribution in [0.4, 0.5) is 0 Å². The van der Waals surface area contributed by atoms with Gasteiger partial charge in [0.1, 0.15) is 11.9 Å². The van der Waals surface area contributed by atoms with Crippen molar-refractivity contribution < 1.29 is 9.52 Å². The van der Waals surface area contributed by atoms with Crippen molar-refractivity contribution in [2.75, 3.05) is 6.54 Å². The maximum Gasteiger partial charge on any atom is 0.132 e. The van der Waals surface area contributed by atoms with E-state index < -0.39 is 6.10 Å². The Hall–Kier alpha value is -1.65. The summed E-state index contributed by atoms with van der Waals surface area (Å²) in [5.74, 6) is 0.669. The van der Waals surface area contributed by atoms with Gasteiger partial charge in [-0.05, 0) is 50.1 Å². The Morgan fingerprint density at radius 3 is 2.95 bits per heavy atom. The zero-order valence-corrected chi connectivity index (χ0v) is 12.9. The van der Waals surface area contributed by atoms with Crippen LogP contribution in [0.5, 0.6) is 0 Å². The number of furan rings is 1. The van der Waals surface area contributed by atoms with Crippen molar-refractivity contribution in [1.82, 2.24) is 9.88 Å². The fourth-order valence-electron chi connectivity index (χ4n) is 3.27. The third-order valence-electron chi connectivity index (χ3n) is 4.46. The van der Waals surface area contributed by atoms with E-state index >= 15 is 0 Å². The summed E-state index contributed by atoms with van der Waals surface area (Å²) in [4.78, 5) is 6.92. The number of aliphatic hydroxyl groups is 1. The third kappa shape index (κ3) is 3.96. The van der Waals surface area contributed by atoms with E-state index in [9.17, 15) is 5.11 Å². The van der Waals surface area contributed by atoms with E-state index in [1.165, 1.54) is 19.3 Å². The van der Waals surface area contributed by atoms with Crippen LogP contribution >= 0.6 is 0 Å². The highest BCUT2D eigenvalue weighted by atomic mass is 16.4. The summed E-state index contributed by atoms with van der Waals surface area (Å²) in [5.41, 5.74) is 1.10. The first-order chi connectivity index (χ1) is 10.8. The number of hydrogen-bond donors (Lipinski definition) is 1. The number of aromatic nitrogens is 1. The highest BCUT2D eigenvalue weighted by Crippen LogP contribution is 2.27. The first-order valence-corrected chi connectivity index (χ1v) is 8.18. The van der Waals surface area contributed by atoms with E-state index in [0.717, 1.165) is 31.6 Å². The Morgan fingerprint density at radius 2 is 2.18 bits per heavy atom. The van der Waals surface area contributed by atoms with Gasteiger partial charge >= 0.3 is 0 Å². The van der Waals surface area contributed by atoms with Crippen LogP contribution < -0.4 is 0 Å². The Labute approximate surface area is 131 Å². The lowest BCUT2D eigenvalue weighted by Gasteiger charge is -2.30. The number of hydrogen-bond acceptors (Lipinski definition) is 4. The van der Waals surface area contributed by atoms with E-state index in [1.807, 2.05) is 30.5 Å². The molecular formula is C18H24N2O2. The topological polar surface area (TPSA) is 49.5 Å². The Balaban J connectivity index is 1.67. The van der Waals surface area contributed by atoms with E-state index in [2.05, 4.69) is 16.0 Å². The van der Waals surface area contributed by atoms with Gasteiger partial charge in [-0.15, -0.1) is 0 Å². The summed E-state index contributed by atoms with van der Waals surface area (Å²) in [7, 11) is 0. The number of likely N-dealkylation sites (tertiary alicyclic amines) is 1. The Kier molecular flexibility index (Phi) is 5.24. The minimum absolute atomic E-state index is 0.379. The molecule has 0 unspecified atom stereocenters. The molecule has 4 heteroatoms. The number of aliphatic hydroxyl groups excluding tert-OH is 1. The summed E-state index contributed by atoms with van der Waals surface area (Å²) >= 11 is 0. The van der Waals surface area contributed by atoms with E-state index in [-0.39, 0.29) is 0 Å². The number of rotatable bonds is 5. The van der Waals surface area contributed by atoms with Crippen molar-refractivity contribution in [2.24, 2.45) is 0 Å². The standard InChI is InChI=1S/C18H24N2O2/c21-17(18-9-6-12-22-18)13-16-8-2-1-5-11-20(16)14-15-7-3-4-10-19-15/h3-4,6-7,9-10,12,16-17,21H,1-2,5,8,11,13-14H2/t16-,17+/m0/s1. The number of nitrogens with zero attached hydrogens (tertiary/aromatic N) is 2. The van der Waals surface area contributed by atoms with Crippen LogP contribution in [-0.2, 0) is 6.54 Å². The van der Waals surface area contributed by atoms with Crippen LogP contribution in [0.1, 0.15) is 49.7 Å². The second-order valence-electron chi connectivity index (χ2n) is 6.06. The maximum absolute atomic E-state index is 10.4. The fourth-order valence-corrected chi connectivity index (χ4v) is 3.27. The average molecular weight is 300 g/mol. The van der Waals surface area contributed by atoms with Crippen molar-refractivity contribution in [1.29, 1.82) is 0 Å². The largest absolute Gasteiger partial charge is 0.467 e. The van der Waals surface area contributed by atoms with Gasteiger partial charge in [-0.25, -0.2) is 0 Å². The minimum Gasteiger partial charge on any atom is -0.467 e. The monoisotopic (exact) mass is 300 g/mol. The molecule has 0 saturated carbocycles. The molecule has 118 valence electrons. The van der Waals surface area contributed by atoms with Crippen LogP contribution in [-0.4, -0.2) is 27.6 Å². The van der Waals surface area contributed by atoms with Crippen molar-refractivity contribution in [3.63, 3.8) is 0 Å². The second-order valence-corrected chi connectivity index (χ2v) is 6.06. The average Bonchev–Trinajstić information content (AvgIpc) is 3.00. The quantitative estimate of drug-likeness (QED) is 0.917. The minimum atomic E-state index is -0.524. The van der Waals surface area contributed by atoms with Gasteiger partial charge in [0.2, 0.25) is 0 Å². The summed E-state index contributed by atoms with van der Waals surface area (Å²) < 4.78 is 5.34. The Bertz CT molecular complexity index is 541. The molecule has 0 spiro atoms. The summed E-state index contributed by atoms with van der Waals surface area (Å²) in [6.45, 7) is 1.93. The van der Waals surface area contributed by atoms with E-state index in [0.29, 0.717) is 11.8 Å². The van der Waals surface area contributed by atoms with Gasteiger partial charge in [0.15, 0.2) is 0 Å². The van der Waals surface area contributed by atoms with Crippen molar-refractivity contribution in [3.05, 3.63) is 54.2 Å². The highest BCUT2D eigenvalue weighted by molar-refractivity contribution is 5.05. The lowest BCUT2D eigenvalue weighted by Crippen LogP contribution is -2.35. The molecule has 2 aromatic rings. The summed E-state index contributed by atoms with van der Waals surface area (Å²) in [6, 6.07) is 10.1. The van der Waals surface area contributed by atoms with Crippen molar-refractivity contribution in [2.45, 2.75) is 50.8 Å². The van der Waals surface area contributed by atoms with Gasteiger partial charge in [0.05, 0.1) is 12.0 Å². The second kappa shape index (κ2) is 7.56. The molecule has 0 radical (unpaired) electrons. The molecule has 2 atom stereocenters. The van der Waals surface area contributed by atoms with Crippen LogP contribution in [0.3, 0.4) is 0 Å². The molecule has 0 bridgehead atoms. The molecule has 0 amide bonds. The molecule has 3 rings (SSSR count). The van der Waals surface area contributed by atoms with Crippen molar-refractivity contribution >= 4 is 0 Å². The predicted octanol–water partition coefficient (Wildman–Crippen LogP) is 3.54. The summed E-state index contributed by atoms with van der Waals surface area (Å²) in [6.07, 6.45) is 8.52. The smallest absolute Gasteiger partial charge is 0.132 e. The van der Waals surface area contributed by atoms with Crippen LogP contribution in [0.15, 0.2) is 47.2 Å². The molecule has 1 aliphatic heterocycles. The molecule has 1 saturated heterocycles. The predicted molar refractivity (Wildman–Crippen MR) is 85.2 cm³/mol. The van der Waals surface area contributed by atoms with Gasteiger partial charge in [-0.3, -0.25) is 9.88 Å². The fraction of sp³-hybridized carbons (Fsp3) is 0.500. The molecule has 0 aromatic carbocycles. The van der Waals surface area contributed by atoms with Crippen LogP contribution in [0, 0.1) is 0 Å². The third-order valence-corrected chi connectivity index (χ3v) is 4.46. The molecule has 0 aliphatic carbocycles. The van der Waals surface area contributed by atoms with Gasteiger partial charge in [-0.2, -0.15) is 0 Å². The first-order valence-electron chi connectivity index (χ1n) is 8.18. The molecule has 22 heavy (non-hydrogen) atoms. The molecule has 1 fully saturated rings. The van der Waals surface area contributed by atoms with Gasteiger partial charge in [-0.1, -0.05) is 18.9 Å². The van der Waals surface area contributed by atoms with Gasteiger partial charge in [0, 0.05) is 18.8 Å². The lowest BCUT2D eigenvalue weighted by molar-refractivity contribution is 0.0825. The van der Waals surface area contributed by atoms with E-state index in [4.69, 9.17) is 4.42 Å². The molecule has 1 N–H and O–H groups in total. The SMILES string of the molecule is O[C@H](C[C@@H]1CCCCCN1Cc1ccccn1)c1ccco1. The van der Waals surface area contributed by atoms with Gasteiger partial charge < -0.3 is 9.52 Å². The molecule has 3 heterocycles.